The first-order chi connectivity index (χ1) is 9.31. The van der Waals surface area contributed by atoms with Crippen molar-refractivity contribution in [3.05, 3.63) is 71.5 Å². The maximum Gasteiger partial charge on any atom is 0.126 e. The molecule has 0 saturated carbocycles. The summed E-state index contributed by atoms with van der Waals surface area (Å²) in [7, 11) is 0. The van der Waals surface area contributed by atoms with Crippen molar-refractivity contribution in [1.29, 1.82) is 0 Å². The fourth-order valence-electron chi connectivity index (χ4n) is 2.43. The van der Waals surface area contributed by atoms with Crippen LogP contribution in [0.2, 0.25) is 0 Å². The van der Waals surface area contributed by atoms with E-state index < -0.39 is 0 Å². The number of benzene rings is 2. The Morgan fingerprint density at radius 1 is 0.895 bits per heavy atom. The smallest absolute Gasteiger partial charge is 0.126 e. The van der Waals surface area contributed by atoms with Crippen LogP contribution in [0.5, 0.6) is 0 Å². The summed E-state index contributed by atoms with van der Waals surface area (Å²) < 4.78 is 13.6. The SMILES string of the molecule is NCCC(CCc1ccccc1F)c1ccccc1. The fraction of sp³-hybridized carbons (Fsp3) is 0.294. The van der Waals surface area contributed by atoms with E-state index in [9.17, 15) is 4.39 Å². The van der Waals surface area contributed by atoms with Crippen molar-refractivity contribution < 1.29 is 4.39 Å². The molecule has 0 aliphatic heterocycles. The van der Waals surface area contributed by atoms with Crippen LogP contribution in [0.15, 0.2) is 54.6 Å². The second kappa shape index (κ2) is 7.05. The van der Waals surface area contributed by atoms with Gasteiger partial charge in [-0.25, -0.2) is 4.39 Å². The van der Waals surface area contributed by atoms with Crippen molar-refractivity contribution >= 4 is 0 Å². The molecule has 0 aliphatic carbocycles. The van der Waals surface area contributed by atoms with Crippen LogP contribution in [0.3, 0.4) is 0 Å². The Labute approximate surface area is 114 Å². The van der Waals surface area contributed by atoms with Crippen LogP contribution in [0, 0.1) is 5.82 Å². The van der Waals surface area contributed by atoms with Crippen molar-refractivity contribution in [3.63, 3.8) is 0 Å². The van der Waals surface area contributed by atoms with Gasteiger partial charge in [0.1, 0.15) is 5.82 Å². The summed E-state index contributed by atoms with van der Waals surface area (Å²) in [6.07, 6.45) is 2.63. The molecule has 2 aromatic carbocycles. The number of nitrogens with two attached hydrogens (primary N) is 1. The minimum Gasteiger partial charge on any atom is -0.330 e. The van der Waals surface area contributed by atoms with Gasteiger partial charge in [-0.05, 0) is 48.9 Å². The zero-order valence-corrected chi connectivity index (χ0v) is 11.1. The molecule has 1 atom stereocenters. The largest absolute Gasteiger partial charge is 0.330 e. The van der Waals surface area contributed by atoms with Gasteiger partial charge in [-0.1, -0.05) is 48.5 Å². The molecule has 2 heteroatoms. The molecule has 0 saturated heterocycles. The topological polar surface area (TPSA) is 26.0 Å². The molecular formula is C17H20FN. The van der Waals surface area contributed by atoms with Crippen LogP contribution >= 0.6 is 0 Å². The molecule has 2 N–H and O–H groups in total. The van der Waals surface area contributed by atoms with Gasteiger partial charge in [-0.15, -0.1) is 0 Å². The van der Waals surface area contributed by atoms with Crippen molar-refractivity contribution in [2.24, 2.45) is 5.73 Å². The van der Waals surface area contributed by atoms with Crippen molar-refractivity contribution in [2.45, 2.75) is 25.2 Å². The quantitative estimate of drug-likeness (QED) is 0.834. The van der Waals surface area contributed by atoms with Crippen LogP contribution in [0.4, 0.5) is 4.39 Å². The van der Waals surface area contributed by atoms with E-state index in [1.807, 2.05) is 30.3 Å². The number of hydrogen-bond acceptors (Lipinski definition) is 1. The Morgan fingerprint density at radius 2 is 1.58 bits per heavy atom. The molecule has 2 rings (SSSR count). The zero-order valence-electron chi connectivity index (χ0n) is 11.1. The number of rotatable bonds is 6. The highest BCUT2D eigenvalue weighted by atomic mass is 19.1. The number of hydrogen-bond donors (Lipinski definition) is 1. The normalized spacial score (nSPS) is 12.3. The molecule has 0 aromatic heterocycles. The predicted molar refractivity (Wildman–Crippen MR) is 77.6 cm³/mol. The first-order valence-electron chi connectivity index (χ1n) is 6.79. The third-order valence-electron chi connectivity index (χ3n) is 3.51. The van der Waals surface area contributed by atoms with Gasteiger partial charge in [0.15, 0.2) is 0 Å². The Morgan fingerprint density at radius 3 is 2.26 bits per heavy atom. The Hall–Kier alpha value is -1.67. The van der Waals surface area contributed by atoms with Gasteiger partial charge in [0.25, 0.3) is 0 Å². The summed E-state index contributed by atoms with van der Waals surface area (Å²) in [5.41, 5.74) is 7.78. The summed E-state index contributed by atoms with van der Waals surface area (Å²) in [6.45, 7) is 0.664. The molecule has 0 spiro atoms. The van der Waals surface area contributed by atoms with E-state index in [4.69, 9.17) is 5.73 Å². The fourth-order valence-corrected chi connectivity index (χ4v) is 2.43. The maximum atomic E-state index is 13.6. The second-order valence-corrected chi connectivity index (χ2v) is 4.82. The average Bonchev–Trinajstić information content (AvgIpc) is 2.46. The predicted octanol–water partition coefficient (Wildman–Crippen LogP) is 3.89. The monoisotopic (exact) mass is 257 g/mol. The number of halogens is 1. The average molecular weight is 257 g/mol. The number of aryl methyl sites for hydroxylation is 1. The van der Waals surface area contributed by atoms with Crippen LogP contribution in [0.25, 0.3) is 0 Å². The summed E-state index contributed by atoms with van der Waals surface area (Å²) in [5, 5.41) is 0. The van der Waals surface area contributed by atoms with E-state index in [2.05, 4.69) is 12.1 Å². The van der Waals surface area contributed by atoms with Gasteiger partial charge >= 0.3 is 0 Å². The van der Waals surface area contributed by atoms with Crippen molar-refractivity contribution in [3.8, 4) is 0 Å². The van der Waals surface area contributed by atoms with Gasteiger partial charge in [0, 0.05) is 0 Å². The highest BCUT2D eigenvalue weighted by molar-refractivity contribution is 5.21. The minimum absolute atomic E-state index is 0.109. The van der Waals surface area contributed by atoms with E-state index in [-0.39, 0.29) is 5.82 Å². The molecular weight excluding hydrogens is 237 g/mol. The summed E-state index contributed by atoms with van der Waals surface area (Å²) in [6, 6.07) is 17.4. The van der Waals surface area contributed by atoms with E-state index in [0.717, 1.165) is 24.8 Å². The van der Waals surface area contributed by atoms with Crippen LogP contribution in [-0.4, -0.2) is 6.54 Å². The van der Waals surface area contributed by atoms with Crippen LogP contribution in [-0.2, 0) is 6.42 Å². The molecule has 0 heterocycles. The molecule has 0 amide bonds. The van der Waals surface area contributed by atoms with E-state index in [1.54, 1.807) is 6.07 Å². The molecule has 0 radical (unpaired) electrons. The van der Waals surface area contributed by atoms with Gasteiger partial charge in [0.05, 0.1) is 0 Å². The van der Waals surface area contributed by atoms with Crippen LogP contribution in [0.1, 0.15) is 29.9 Å². The minimum atomic E-state index is -0.109. The molecule has 1 unspecified atom stereocenters. The van der Waals surface area contributed by atoms with E-state index in [0.29, 0.717) is 12.5 Å². The Balaban J connectivity index is 2.04. The van der Waals surface area contributed by atoms with Crippen LogP contribution < -0.4 is 5.73 Å². The van der Waals surface area contributed by atoms with E-state index >= 15 is 0 Å². The van der Waals surface area contributed by atoms with Gasteiger partial charge in [-0.2, -0.15) is 0 Å². The third-order valence-corrected chi connectivity index (χ3v) is 3.51. The third kappa shape index (κ3) is 3.90. The highest BCUT2D eigenvalue weighted by Gasteiger charge is 2.11. The van der Waals surface area contributed by atoms with Crippen molar-refractivity contribution in [1.82, 2.24) is 0 Å². The summed E-state index contributed by atoms with van der Waals surface area (Å²) >= 11 is 0. The van der Waals surface area contributed by atoms with Gasteiger partial charge in [-0.3, -0.25) is 0 Å². The van der Waals surface area contributed by atoms with E-state index in [1.165, 1.54) is 11.6 Å². The van der Waals surface area contributed by atoms with Crippen molar-refractivity contribution in [2.75, 3.05) is 6.54 Å². The molecule has 0 aliphatic rings. The molecule has 0 bridgehead atoms. The lowest BCUT2D eigenvalue weighted by molar-refractivity contribution is 0.560. The molecule has 0 fully saturated rings. The summed E-state index contributed by atoms with van der Waals surface area (Å²) in [5.74, 6) is 0.299. The zero-order chi connectivity index (χ0) is 13.5. The second-order valence-electron chi connectivity index (χ2n) is 4.82. The lowest BCUT2D eigenvalue weighted by atomic mass is 9.89. The highest BCUT2D eigenvalue weighted by Crippen LogP contribution is 2.25. The lowest BCUT2D eigenvalue weighted by Gasteiger charge is -2.16. The Bertz CT molecular complexity index is 496. The molecule has 19 heavy (non-hydrogen) atoms. The van der Waals surface area contributed by atoms with Gasteiger partial charge < -0.3 is 5.73 Å². The maximum absolute atomic E-state index is 13.6. The molecule has 1 nitrogen and oxygen atoms in total. The molecule has 2 aromatic rings. The molecule has 100 valence electrons. The van der Waals surface area contributed by atoms with Gasteiger partial charge in [0.2, 0.25) is 0 Å². The Kier molecular flexibility index (Phi) is 5.10. The standard InChI is InChI=1S/C17H20FN/c18-17-9-5-4-8-16(17)11-10-15(12-13-19)14-6-2-1-3-7-14/h1-9,15H,10-13,19H2. The lowest BCUT2D eigenvalue weighted by Crippen LogP contribution is -2.09. The first kappa shape index (κ1) is 13.8. The summed E-state index contributed by atoms with van der Waals surface area (Å²) in [4.78, 5) is 0. The first-order valence-corrected chi connectivity index (χ1v) is 6.79.